The largest absolute Gasteiger partial charge is 0.274 e. The normalized spacial score (nSPS) is 10.5. The van der Waals surface area contributed by atoms with Crippen LogP contribution >= 0.6 is 27.5 Å². The lowest BCUT2D eigenvalue weighted by Gasteiger charge is -1.96. The van der Waals surface area contributed by atoms with E-state index in [1.54, 1.807) is 16.9 Å². The van der Waals surface area contributed by atoms with Crippen molar-refractivity contribution in [1.29, 1.82) is 0 Å². The molecule has 3 nitrogen and oxygen atoms in total. The predicted molar refractivity (Wildman–Crippen MR) is 59.1 cm³/mol. The lowest BCUT2D eigenvalue weighted by molar-refractivity contribution is 0.770. The Labute approximate surface area is 94.9 Å². The van der Waals surface area contributed by atoms with Gasteiger partial charge in [0.2, 0.25) is 0 Å². The van der Waals surface area contributed by atoms with Crippen molar-refractivity contribution in [1.82, 2.24) is 14.8 Å². The van der Waals surface area contributed by atoms with Gasteiger partial charge in [-0.2, -0.15) is 5.10 Å². The average molecular weight is 273 g/mol. The fraction of sp³-hybridized carbons (Fsp3) is 0.111. The zero-order valence-electron chi connectivity index (χ0n) is 7.41. The minimum Gasteiger partial charge on any atom is -0.274 e. The van der Waals surface area contributed by atoms with Gasteiger partial charge in [-0.3, -0.25) is 4.68 Å². The molecular weight excluding hydrogens is 265 g/mol. The van der Waals surface area contributed by atoms with E-state index in [-0.39, 0.29) is 0 Å². The highest BCUT2D eigenvalue weighted by atomic mass is 79.9. The molecule has 0 fully saturated rings. The summed E-state index contributed by atoms with van der Waals surface area (Å²) in [6, 6.07) is 3.64. The summed E-state index contributed by atoms with van der Waals surface area (Å²) in [5.41, 5.74) is 1.82. The first kappa shape index (κ1) is 9.68. The van der Waals surface area contributed by atoms with Crippen LogP contribution in [0.2, 0.25) is 5.15 Å². The van der Waals surface area contributed by atoms with Gasteiger partial charge in [-0.25, -0.2) is 4.98 Å². The molecule has 2 rings (SSSR count). The molecule has 0 radical (unpaired) electrons. The maximum absolute atomic E-state index is 5.70. The third-order valence-electron chi connectivity index (χ3n) is 1.78. The van der Waals surface area contributed by atoms with Gasteiger partial charge in [-0.1, -0.05) is 11.6 Å². The molecule has 0 aromatic carbocycles. The van der Waals surface area contributed by atoms with Crippen LogP contribution in [0.4, 0.5) is 0 Å². The maximum atomic E-state index is 5.70. The van der Waals surface area contributed by atoms with Crippen LogP contribution in [0.1, 0.15) is 0 Å². The molecule has 0 saturated carbocycles. The number of aryl methyl sites for hydroxylation is 1. The molecule has 0 aliphatic heterocycles. The fourth-order valence-corrected chi connectivity index (χ4v) is 1.89. The number of aromatic nitrogens is 3. The van der Waals surface area contributed by atoms with Gasteiger partial charge >= 0.3 is 0 Å². The molecule has 0 atom stereocenters. The molecule has 0 bridgehead atoms. The summed E-state index contributed by atoms with van der Waals surface area (Å²) < 4.78 is 2.69. The number of hydrogen-bond donors (Lipinski definition) is 0. The number of hydrogen-bond acceptors (Lipinski definition) is 2. The van der Waals surface area contributed by atoms with Crippen molar-refractivity contribution in [3.05, 3.63) is 34.2 Å². The molecule has 0 aliphatic carbocycles. The minimum atomic E-state index is 0.487. The SMILES string of the molecule is Cn1cc(Br)c(-c2ccc(Cl)nc2)n1. The van der Waals surface area contributed by atoms with Crippen molar-refractivity contribution in [2.75, 3.05) is 0 Å². The van der Waals surface area contributed by atoms with Crippen LogP contribution in [0, 0.1) is 0 Å². The van der Waals surface area contributed by atoms with E-state index in [9.17, 15) is 0 Å². The van der Waals surface area contributed by atoms with E-state index in [2.05, 4.69) is 26.0 Å². The van der Waals surface area contributed by atoms with Crippen LogP contribution in [0.3, 0.4) is 0 Å². The summed E-state index contributed by atoms with van der Waals surface area (Å²) in [5, 5.41) is 4.78. The first-order valence-corrected chi connectivity index (χ1v) is 5.15. The molecule has 0 unspecified atom stereocenters. The zero-order valence-corrected chi connectivity index (χ0v) is 9.75. The van der Waals surface area contributed by atoms with Crippen molar-refractivity contribution in [2.45, 2.75) is 0 Å². The van der Waals surface area contributed by atoms with Gasteiger partial charge in [0.1, 0.15) is 10.8 Å². The zero-order chi connectivity index (χ0) is 10.1. The van der Waals surface area contributed by atoms with Gasteiger partial charge in [-0.15, -0.1) is 0 Å². The maximum Gasteiger partial charge on any atom is 0.129 e. The van der Waals surface area contributed by atoms with Crippen LogP contribution in [-0.4, -0.2) is 14.8 Å². The first-order valence-electron chi connectivity index (χ1n) is 3.98. The lowest BCUT2D eigenvalue weighted by Crippen LogP contribution is -1.88. The lowest BCUT2D eigenvalue weighted by atomic mass is 10.2. The highest BCUT2D eigenvalue weighted by molar-refractivity contribution is 9.10. The summed E-state index contributed by atoms with van der Waals surface area (Å²) >= 11 is 9.12. The molecule has 5 heteroatoms. The fourth-order valence-electron chi connectivity index (χ4n) is 1.17. The van der Waals surface area contributed by atoms with Gasteiger partial charge in [0.25, 0.3) is 0 Å². The first-order chi connectivity index (χ1) is 6.66. The number of halogens is 2. The highest BCUT2D eigenvalue weighted by Gasteiger charge is 2.07. The molecule has 0 spiro atoms. The van der Waals surface area contributed by atoms with E-state index >= 15 is 0 Å². The summed E-state index contributed by atoms with van der Waals surface area (Å²) in [6.45, 7) is 0. The molecule has 0 N–H and O–H groups in total. The van der Waals surface area contributed by atoms with Crippen LogP contribution in [0.25, 0.3) is 11.3 Å². The number of nitrogens with zero attached hydrogens (tertiary/aromatic N) is 3. The van der Waals surface area contributed by atoms with E-state index in [1.165, 1.54) is 0 Å². The standard InChI is InChI=1S/C9H7BrClN3/c1-14-5-7(10)9(13-14)6-2-3-8(11)12-4-6/h2-5H,1H3. The van der Waals surface area contributed by atoms with Gasteiger partial charge in [0.15, 0.2) is 0 Å². The molecule has 72 valence electrons. The van der Waals surface area contributed by atoms with Crippen LogP contribution in [0.5, 0.6) is 0 Å². The molecular formula is C9H7BrClN3. The van der Waals surface area contributed by atoms with Gasteiger partial charge in [0, 0.05) is 25.0 Å². The smallest absolute Gasteiger partial charge is 0.129 e. The Morgan fingerprint density at radius 1 is 1.43 bits per heavy atom. The second-order valence-electron chi connectivity index (χ2n) is 2.87. The van der Waals surface area contributed by atoms with Gasteiger partial charge in [0.05, 0.1) is 4.47 Å². The van der Waals surface area contributed by atoms with Gasteiger partial charge < -0.3 is 0 Å². The monoisotopic (exact) mass is 271 g/mol. The van der Waals surface area contributed by atoms with Crippen molar-refractivity contribution in [3.63, 3.8) is 0 Å². The highest BCUT2D eigenvalue weighted by Crippen LogP contribution is 2.26. The number of rotatable bonds is 1. The van der Waals surface area contributed by atoms with E-state index in [0.717, 1.165) is 15.7 Å². The quantitative estimate of drug-likeness (QED) is 0.747. The second-order valence-corrected chi connectivity index (χ2v) is 4.11. The number of pyridine rings is 1. The second kappa shape index (κ2) is 3.71. The Morgan fingerprint density at radius 3 is 2.71 bits per heavy atom. The molecule has 0 saturated heterocycles. The van der Waals surface area contributed by atoms with Gasteiger partial charge in [-0.05, 0) is 28.1 Å². The third-order valence-corrected chi connectivity index (χ3v) is 2.59. The molecule has 2 aromatic heterocycles. The van der Waals surface area contributed by atoms with E-state index in [1.807, 2.05) is 19.3 Å². The topological polar surface area (TPSA) is 30.7 Å². The Hall–Kier alpha value is -0.870. The summed E-state index contributed by atoms with van der Waals surface area (Å²) in [5.74, 6) is 0. The van der Waals surface area contributed by atoms with Crippen molar-refractivity contribution < 1.29 is 0 Å². The molecule has 2 aromatic rings. The third kappa shape index (κ3) is 1.81. The molecule has 0 amide bonds. The van der Waals surface area contributed by atoms with Crippen molar-refractivity contribution in [3.8, 4) is 11.3 Å². The Kier molecular flexibility index (Phi) is 2.56. The summed E-state index contributed by atoms with van der Waals surface area (Å²) in [6.07, 6.45) is 3.60. The molecule has 2 heterocycles. The van der Waals surface area contributed by atoms with E-state index in [0.29, 0.717) is 5.15 Å². The minimum absolute atomic E-state index is 0.487. The van der Waals surface area contributed by atoms with Crippen LogP contribution in [0.15, 0.2) is 29.0 Å². The van der Waals surface area contributed by atoms with Crippen molar-refractivity contribution >= 4 is 27.5 Å². The van der Waals surface area contributed by atoms with E-state index < -0.39 is 0 Å². The Morgan fingerprint density at radius 2 is 2.21 bits per heavy atom. The average Bonchev–Trinajstić information content (AvgIpc) is 2.47. The predicted octanol–water partition coefficient (Wildman–Crippen LogP) is 2.90. The molecule has 0 aliphatic rings. The summed E-state index contributed by atoms with van der Waals surface area (Å²) in [4.78, 5) is 4.00. The summed E-state index contributed by atoms with van der Waals surface area (Å²) in [7, 11) is 1.87. The van der Waals surface area contributed by atoms with E-state index in [4.69, 9.17) is 11.6 Å². The van der Waals surface area contributed by atoms with Crippen molar-refractivity contribution in [2.24, 2.45) is 7.05 Å². The Balaban J connectivity index is 2.49. The Bertz CT molecular complexity index is 450. The van der Waals surface area contributed by atoms with Crippen LogP contribution < -0.4 is 0 Å². The van der Waals surface area contributed by atoms with Crippen LogP contribution in [-0.2, 0) is 7.05 Å². The molecule has 14 heavy (non-hydrogen) atoms.